The van der Waals surface area contributed by atoms with Crippen molar-refractivity contribution < 1.29 is 28.6 Å². The summed E-state index contributed by atoms with van der Waals surface area (Å²) in [5.74, 6) is -0.909. The Morgan fingerprint density at radius 1 is 0.313 bits per heavy atom. The molecule has 0 spiro atoms. The molecular formula is C61H106O6. The first kappa shape index (κ1) is 63.8. The molecule has 0 rings (SSSR count). The number of esters is 3. The lowest BCUT2D eigenvalue weighted by atomic mass is 10.1. The van der Waals surface area contributed by atoms with Gasteiger partial charge >= 0.3 is 17.9 Å². The molecule has 0 bridgehead atoms. The number of hydrogen-bond donors (Lipinski definition) is 0. The molecule has 0 N–H and O–H groups in total. The Morgan fingerprint density at radius 2 is 0.582 bits per heavy atom. The molecule has 0 aliphatic heterocycles. The van der Waals surface area contributed by atoms with Crippen LogP contribution in [0.2, 0.25) is 0 Å². The van der Waals surface area contributed by atoms with Gasteiger partial charge in [0.25, 0.3) is 0 Å². The zero-order chi connectivity index (χ0) is 48.6. The maximum absolute atomic E-state index is 12.8. The normalized spacial score (nSPS) is 12.6. The van der Waals surface area contributed by atoms with Gasteiger partial charge in [0.2, 0.25) is 0 Å². The van der Waals surface area contributed by atoms with Crippen molar-refractivity contribution in [3.63, 3.8) is 0 Å². The highest BCUT2D eigenvalue weighted by Gasteiger charge is 2.19. The van der Waals surface area contributed by atoms with Gasteiger partial charge in [0.15, 0.2) is 6.10 Å². The number of allylic oxidation sites excluding steroid dienone is 12. The van der Waals surface area contributed by atoms with E-state index in [9.17, 15) is 14.4 Å². The van der Waals surface area contributed by atoms with Gasteiger partial charge in [0.05, 0.1) is 0 Å². The largest absolute Gasteiger partial charge is 0.462 e. The predicted molar refractivity (Wildman–Crippen MR) is 288 cm³/mol. The standard InChI is InChI=1S/C61H106O6/c1-4-7-10-13-16-19-22-25-28-30-33-35-38-41-44-47-50-53-59(62)65-56-58(67-61(64)55-52-49-46-43-40-37-32-27-24-21-18-15-12-9-6-3)57-66-60(63)54-51-48-45-42-39-36-34-31-29-26-23-20-17-14-11-8-5-2/h9,12,16,18-19,21,25-29,32,58H,4-8,10-11,13-15,17,20,22-24,30-31,33-57H2,1-3H3/b12-9-,19-16-,21-18-,28-25-,29-26-,32-27-/t58-/m1/s1. The highest BCUT2D eigenvalue weighted by molar-refractivity contribution is 5.71. The molecule has 67 heavy (non-hydrogen) atoms. The number of carbonyl (C=O) groups excluding carboxylic acids is 3. The third-order valence-corrected chi connectivity index (χ3v) is 12.2. The summed E-state index contributed by atoms with van der Waals surface area (Å²) in [6.45, 7) is 6.49. The van der Waals surface area contributed by atoms with Crippen molar-refractivity contribution in [3.05, 3.63) is 72.9 Å². The lowest BCUT2D eigenvalue weighted by Gasteiger charge is -2.18. The minimum Gasteiger partial charge on any atom is -0.462 e. The minimum atomic E-state index is -0.790. The van der Waals surface area contributed by atoms with Crippen LogP contribution in [0.5, 0.6) is 0 Å². The second-order valence-corrected chi connectivity index (χ2v) is 18.8. The fourth-order valence-corrected chi connectivity index (χ4v) is 7.89. The molecular weight excluding hydrogens is 829 g/mol. The Hall–Kier alpha value is -3.15. The Balaban J connectivity index is 4.41. The Labute approximate surface area is 414 Å². The van der Waals surface area contributed by atoms with Gasteiger partial charge in [-0.25, -0.2) is 0 Å². The lowest BCUT2D eigenvalue weighted by molar-refractivity contribution is -0.167. The molecule has 0 aromatic heterocycles. The number of unbranched alkanes of at least 4 members (excludes halogenated alkanes) is 28. The highest BCUT2D eigenvalue weighted by atomic mass is 16.6. The van der Waals surface area contributed by atoms with Gasteiger partial charge in [-0.05, 0) is 109 Å². The van der Waals surface area contributed by atoms with E-state index in [1.165, 1.54) is 128 Å². The van der Waals surface area contributed by atoms with Crippen molar-refractivity contribution in [2.75, 3.05) is 13.2 Å². The summed E-state index contributed by atoms with van der Waals surface area (Å²) >= 11 is 0. The monoisotopic (exact) mass is 935 g/mol. The third kappa shape index (κ3) is 53.7. The predicted octanol–water partition coefficient (Wildman–Crippen LogP) is 19.0. The van der Waals surface area contributed by atoms with Crippen molar-refractivity contribution in [1.82, 2.24) is 0 Å². The summed E-state index contributed by atoms with van der Waals surface area (Å²) in [4.78, 5) is 38.1. The van der Waals surface area contributed by atoms with E-state index in [-0.39, 0.29) is 31.1 Å². The molecule has 0 unspecified atom stereocenters. The molecule has 0 heterocycles. The van der Waals surface area contributed by atoms with E-state index in [0.717, 1.165) is 109 Å². The Bertz CT molecular complexity index is 1260. The zero-order valence-corrected chi connectivity index (χ0v) is 44.2. The zero-order valence-electron chi connectivity index (χ0n) is 44.2. The van der Waals surface area contributed by atoms with Crippen molar-refractivity contribution in [2.45, 2.75) is 284 Å². The van der Waals surface area contributed by atoms with E-state index in [2.05, 4.69) is 93.7 Å². The summed E-state index contributed by atoms with van der Waals surface area (Å²) in [6.07, 6.45) is 70.3. The SMILES string of the molecule is CC/C=C\C/C=C\C/C=C\CCCCCCCC(=O)O[C@H](COC(=O)CCCCCCCCC/C=C\C/C=C\CCCCC)COC(=O)CCCCCCCCC/C=C\CCCCCCCC. The summed E-state index contributed by atoms with van der Waals surface area (Å²) < 4.78 is 16.8. The van der Waals surface area contributed by atoms with E-state index in [4.69, 9.17) is 14.2 Å². The summed E-state index contributed by atoms with van der Waals surface area (Å²) in [5, 5.41) is 0. The lowest BCUT2D eigenvalue weighted by Crippen LogP contribution is -2.30. The van der Waals surface area contributed by atoms with Crippen molar-refractivity contribution in [1.29, 1.82) is 0 Å². The Morgan fingerprint density at radius 3 is 0.955 bits per heavy atom. The summed E-state index contributed by atoms with van der Waals surface area (Å²) in [5.41, 5.74) is 0. The van der Waals surface area contributed by atoms with Crippen molar-refractivity contribution in [3.8, 4) is 0 Å². The molecule has 0 aliphatic rings. The number of carbonyl (C=O) groups is 3. The van der Waals surface area contributed by atoms with Crippen LogP contribution in [0.25, 0.3) is 0 Å². The van der Waals surface area contributed by atoms with E-state index in [0.29, 0.717) is 19.3 Å². The molecule has 0 aromatic rings. The minimum absolute atomic E-state index is 0.0869. The molecule has 1 atom stereocenters. The van der Waals surface area contributed by atoms with Crippen LogP contribution in [0.15, 0.2) is 72.9 Å². The first-order valence-corrected chi connectivity index (χ1v) is 28.4. The number of rotatable bonds is 51. The molecule has 0 aliphatic carbocycles. The van der Waals surface area contributed by atoms with E-state index in [1.54, 1.807) is 0 Å². The maximum Gasteiger partial charge on any atom is 0.306 e. The Kier molecular flexibility index (Phi) is 52.8. The van der Waals surface area contributed by atoms with Gasteiger partial charge in [0, 0.05) is 19.3 Å². The molecule has 0 fully saturated rings. The maximum atomic E-state index is 12.8. The fraction of sp³-hybridized carbons (Fsp3) is 0.754. The first-order valence-electron chi connectivity index (χ1n) is 28.4. The molecule has 0 amide bonds. The van der Waals surface area contributed by atoms with Crippen LogP contribution in [-0.4, -0.2) is 37.2 Å². The van der Waals surface area contributed by atoms with Crippen LogP contribution < -0.4 is 0 Å². The first-order chi connectivity index (χ1) is 33.0. The number of ether oxygens (including phenoxy) is 3. The molecule has 0 aromatic carbocycles. The van der Waals surface area contributed by atoms with Gasteiger partial charge in [-0.3, -0.25) is 14.4 Å². The fourth-order valence-electron chi connectivity index (χ4n) is 7.89. The quantitative estimate of drug-likeness (QED) is 0.0262. The highest BCUT2D eigenvalue weighted by Crippen LogP contribution is 2.15. The average molecular weight is 936 g/mol. The smallest absolute Gasteiger partial charge is 0.306 e. The topological polar surface area (TPSA) is 78.9 Å². The molecule has 6 nitrogen and oxygen atoms in total. The molecule has 386 valence electrons. The second-order valence-electron chi connectivity index (χ2n) is 18.8. The van der Waals surface area contributed by atoms with Gasteiger partial charge in [0.1, 0.15) is 13.2 Å². The van der Waals surface area contributed by atoms with Crippen LogP contribution in [0.4, 0.5) is 0 Å². The van der Waals surface area contributed by atoms with Crippen LogP contribution >= 0.6 is 0 Å². The average Bonchev–Trinajstić information content (AvgIpc) is 3.33. The van der Waals surface area contributed by atoms with E-state index >= 15 is 0 Å². The molecule has 6 heteroatoms. The van der Waals surface area contributed by atoms with Gasteiger partial charge in [-0.1, -0.05) is 222 Å². The molecule has 0 saturated heterocycles. The van der Waals surface area contributed by atoms with Crippen LogP contribution in [-0.2, 0) is 28.6 Å². The van der Waals surface area contributed by atoms with E-state index in [1.807, 2.05) is 0 Å². The van der Waals surface area contributed by atoms with Gasteiger partial charge < -0.3 is 14.2 Å². The molecule has 0 radical (unpaired) electrons. The molecule has 0 saturated carbocycles. The van der Waals surface area contributed by atoms with Gasteiger partial charge in [-0.15, -0.1) is 0 Å². The third-order valence-electron chi connectivity index (χ3n) is 12.2. The van der Waals surface area contributed by atoms with Crippen LogP contribution in [0, 0.1) is 0 Å². The summed E-state index contributed by atoms with van der Waals surface area (Å²) in [6, 6.07) is 0. The van der Waals surface area contributed by atoms with Crippen molar-refractivity contribution in [2.24, 2.45) is 0 Å². The van der Waals surface area contributed by atoms with Crippen LogP contribution in [0.1, 0.15) is 278 Å². The van der Waals surface area contributed by atoms with Gasteiger partial charge in [-0.2, -0.15) is 0 Å². The number of hydrogen-bond acceptors (Lipinski definition) is 6. The van der Waals surface area contributed by atoms with Crippen LogP contribution in [0.3, 0.4) is 0 Å². The van der Waals surface area contributed by atoms with E-state index < -0.39 is 6.10 Å². The summed E-state index contributed by atoms with van der Waals surface area (Å²) in [7, 11) is 0. The van der Waals surface area contributed by atoms with Crippen molar-refractivity contribution >= 4 is 17.9 Å². The second kappa shape index (κ2) is 55.4.